The number of hydrogen-bond acceptors (Lipinski definition) is 24. The van der Waals surface area contributed by atoms with E-state index in [1.54, 1.807) is 79.0 Å². The summed E-state index contributed by atoms with van der Waals surface area (Å²) in [5.41, 5.74) is 4.20. The molecular weight excluding hydrogens is 1680 g/mol. The molecule has 2 heterocycles. The van der Waals surface area contributed by atoms with Gasteiger partial charge in [0, 0.05) is 118 Å². The van der Waals surface area contributed by atoms with Crippen LogP contribution in [0.4, 0.5) is 21.0 Å². The van der Waals surface area contributed by atoms with Gasteiger partial charge < -0.3 is 97.8 Å². The first-order valence-electron chi connectivity index (χ1n) is 38.6. The van der Waals surface area contributed by atoms with Gasteiger partial charge in [-0.2, -0.15) is 9.59 Å². The standard InChI is InChI=1S/C75H109IN16O22S.CO2/c76-55-22-18-52(19-23-55)10-7-16-63(93)77-27-4-2-14-60(71(106)107)84-70(105)59(13-1-6-29-80-75(115)82-56-24-20-53(21-25-56)44-58-46-90(50-68(101)102)34-33-88(48-66(97)98)31-32-89(49-67(99)100)35-36-91(58)51-69(103)104)83-64(94)26-38-112-40-42-114-43-41-113-39-37-92-47-62(86-87-92)54-11-8-12-57(45-54)81-73(110)78-28-5-3-15-61(72(108)109)85-74(111)79-30-9-17-65(95)96;2-1-3/h8,11-12,18-25,45,47,58-61H,1-7,9-10,13-17,26-44,46,48-51H2,(H,77,93)(H,83,94)(H,84,105)(H,95,96)(H,97,98)(H,99,100)(H,101,102)(H,103,104)(H,106,107)(H,108,109)(H2,78,81,110)(H2,79,85,111)(H2,80,82,115);/t58?,59-,60-,61-;/m0./s1. The first kappa shape index (κ1) is 99.9. The van der Waals surface area contributed by atoms with E-state index < -0.39 is 103 Å². The van der Waals surface area contributed by atoms with Gasteiger partial charge in [0.15, 0.2) is 5.11 Å². The van der Waals surface area contributed by atoms with Gasteiger partial charge in [0.25, 0.3) is 0 Å². The molecule has 1 aromatic heterocycles. The highest BCUT2D eigenvalue weighted by atomic mass is 127. The van der Waals surface area contributed by atoms with Gasteiger partial charge in [0.1, 0.15) is 23.8 Å². The maximum atomic E-state index is 13.9. The molecule has 0 aliphatic carbocycles. The quantitative estimate of drug-likeness (QED) is 0.0171. The van der Waals surface area contributed by atoms with Crippen molar-refractivity contribution in [3.05, 3.63) is 93.7 Å². The Kier molecular flexibility index (Phi) is 49.5. The van der Waals surface area contributed by atoms with Crippen LogP contribution in [-0.2, 0) is 91.1 Å². The Balaban J connectivity index is 0.00000960. The summed E-state index contributed by atoms with van der Waals surface area (Å²) in [7, 11) is 0. The van der Waals surface area contributed by atoms with E-state index in [1.807, 2.05) is 24.3 Å². The van der Waals surface area contributed by atoms with Crippen LogP contribution < -0.4 is 47.9 Å². The van der Waals surface area contributed by atoms with Crippen LogP contribution in [0.1, 0.15) is 101 Å². The Morgan fingerprint density at radius 2 is 1.03 bits per heavy atom. The van der Waals surface area contributed by atoms with Crippen molar-refractivity contribution in [3.8, 4) is 11.3 Å². The monoisotopic (exact) mass is 1790 g/mol. The number of thiocarbonyl (C=S) groups is 1. The number of amides is 7. The number of rotatable bonds is 54. The van der Waals surface area contributed by atoms with E-state index in [-0.39, 0.29) is 174 Å². The van der Waals surface area contributed by atoms with E-state index in [4.69, 9.17) is 41.1 Å². The van der Waals surface area contributed by atoms with Crippen molar-refractivity contribution >= 4 is 129 Å². The number of carbonyl (C=O) groups excluding carboxylic acids is 7. The van der Waals surface area contributed by atoms with E-state index in [0.29, 0.717) is 93.6 Å². The molecule has 118 heavy (non-hydrogen) atoms. The summed E-state index contributed by atoms with van der Waals surface area (Å²) in [4.78, 5) is 170. The minimum atomic E-state index is -1.29. The number of nitrogens with one attached hydrogen (secondary N) is 9. The molecule has 0 bridgehead atoms. The molecule has 7 amide bonds. The highest BCUT2D eigenvalue weighted by Gasteiger charge is 2.30. The molecule has 1 unspecified atom stereocenters. The molecule has 4 aromatic rings. The van der Waals surface area contributed by atoms with Gasteiger partial charge in [0.2, 0.25) is 17.7 Å². The lowest BCUT2D eigenvalue weighted by Gasteiger charge is -2.37. The van der Waals surface area contributed by atoms with Crippen molar-refractivity contribution in [2.24, 2.45) is 0 Å². The summed E-state index contributed by atoms with van der Waals surface area (Å²) in [6, 6.07) is 16.8. The number of carboxylic acid groups (broad SMARTS) is 7. The third kappa shape index (κ3) is 45.9. The molecule has 0 saturated carbocycles. The van der Waals surface area contributed by atoms with Crippen molar-refractivity contribution in [1.29, 1.82) is 0 Å². The number of halogens is 1. The number of aryl methyl sites for hydroxylation is 1. The number of nitrogens with zero attached hydrogens (tertiary/aromatic N) is 7. The minimum absolute atomic E-state index is 0.0200. The number of aliphatic carboxylic acids is 7. The van der Waals surface area contributed by atoms with E-state index in [0.717, 1.165) is 21.1 Å². The first-order chi connectivity index (χ1) is 56.6. The van der Waals surface area contributed by atoms with Crippen molar-refractivity contribution in [1.82, 2.24) is 71.8 Å². The van der Waals surface area contributed by atoms with Crippen LogP contribution in [0.25, 0.3) is 11.3 Å². The lowest BCUT2D eigenvalue weighted by atomic mass is 10.0. The number of aromatic nitrogens is 3. The second-order valence-electron chi connectivity index (χ2n) is 27.4. The maximum absolute atomic E-state index is 13.9. The number of anilines is 2. The highest BCUT2D eigenvalue weighted by molar-refractivity contribution is 14.1. The molecule has 4 atom stereocenters. The summed E-state index contributed by atoms with van der Waals surface area (Å²) in [5.74, 6) is -9.30. The minimum Gasteiger partial charge on any atom is -0.481 e. The lowest BCUT2D eigenvalue weighted by molar-refractivity contribution is -0.192. The molecule has 40 nitrogen and oxygen atoms in total. The summed E-state index contributed by atoms with van der Waals surface area (Å²) in [5, 5.41) is 101. The van der Waals surface area contributed by atoms with E-state index in [2.05, 4.69) is 80.8 Å². The normalized spacial score (nSPS) is 14.3. The average molecular weight is 1790 g/mol. The van der Waals surface area contributed by atoms with E-state index in [9.17, 15) is 88.2 Å². The zero-order chi connectivity index (χ0) is 86.4. The predicted molar refractivity (Wildman–Crippen MR) is 437 cm³/mol. The fraction of sp³-hybridized carbons (Fsp3) is 0.553. The Morgan fingerprint density at radius 3 is 1.63 bits per heavy atom. The van der Waals surface area contributed by atoms with Crippen LogP contribution in [0.5, 0.6) is 0 Å². The SMILES string of the molecule is O=C(O)CCCNC(=O)N[C@@H](CCCCNC(=O)Nc1cccc(-c2cn(CCOCCOCCOCCC(=O)N[C@@H](CCCCNC(=S)Nc3ccc(CC4CN(CC(=O)O)CCN(CC(=O)O)CCN(CC(=O)O)CCN4CC(=O)O)cc3)C(=O)N[C@@H](CCCCNC(=O)CCCc3ccc(I)cc3)C(=O)O)nn2)c1)C(=O)O.O=C=O. The summed E-state index contributed by atoms with van der Waals surface area (Å²) >= 11 is 7.84. The molecule has 42 heteroatoms. The Morgan fingerprint density at radius 1 is 0.500 bits per heavy atom. The van der Waals surface area contributed by atoms with Gasteiger partial charge in [0.05, 0.1) is 78.6 Å². The molecule has 1 fully saturated rings. The van der Waals surface area contributed by atoms with Gasteiger partial charge in [-0.1, -0.05) is 41.6 Å². The van der Waals surface area contributed by atoms with Crippen molar-refractivity contribution in [3.63, 3.8) is 0 Å². The van der Waals surface area contributed by atoms with Gasteiger partial charge in [-0.3, -0.25) is 58.0 Å². The third-order valence-corrected chi connectivity index (χ3v) is 19.0. The molecule has 5 rings (SSSR count). The molecule has 0 radical (unpaired) electrons. The Labute approximate surface area is 701 Å². The number of benzene rings is 3. The van der Waals surface area contributed by atoms with Crippen LogP contribution in [0.2, 0.25) is 0 Å². The second kappa shape index (κ2) is 58.4. The smallest absolute Gasteiger partial charge is 0.373 e. The molecule has 1 aliphatic rings. The Bertz CT molecular complexity index is 3840. The van der Waals surface area contributed by atoms with Crippen LogP contribution in [0.15, 0.2) is 79.0 Å². The van der Waals surface area contributed by atoms with Gasteiger partial charge in [-0.15, -0.1) is 5.10 Å². The summed E-state index contributed by atoms with van der Waals surface area (Å²) in [6.07, 6.45) is 6.68. The molecular formula is C76H109IN16O24S. The molecule has 1 saturated heterocycles. The predicted octanol–water partition coefficient (Wildman–Crippen LogP) is 2.31. The molecule has 650 valence electrons. The van der Waals surface area contributed by atoms with Crippen LogP contribution in [-0.4, -0.2) is 315 Å². The lowest BCUT2D eigenvalue weighted by Crippen LogP contribution is -2.53. The van der Waals surface area contributed by atoms with Crippen LogP contribution >= 0.6 is 34.8 Å². The van der Waals surface area contributed by atoms with E-state index >= 15 is 0 Å². The Hall–Kier alpha value is -10.4. The molecule has 16 N–H and O–H groups in total. The number of carboxylic acids is 7. The zero-order valence-electron chi connectivity index (χ0n) is 65.7. The van der Waals surface area contributed by atoms with Gasteiger partial charge in [-0.25, -0.2) is 23.9 Å². The zero-order valence-corrected chi connectivity index (χ0v) is 68.6. The highest BCUT2D eigenvalue weighted by Crippen LogP contribution is 2.22. The summed E-state index contributed by atoms with van der Waals surface area (Å²) in [6.45, 7) is 1.87. The molecule has 1 aliphatic heterocycles. The number of unbranched alkanes of at least 4 members (excludes halogenated alkanes) is 3. The number of hydrogen-bond donors (Lipinski definition) is 16. The molecule has 0 spiro atoms. The largest absolute Gasteiger partial charge is 0.481 e. The topological polar surface area (TPSA) is 560 Å². The number of carbonyl (C=O) groups is 12. The molecule has 3 aromatic carbocycles. The van der Waals surface area contributed by atoms with E-state index in [1.165, 1.54) is 0 Å². The number of ether oxygens (including phenoxy) is 3. The summed E-state index contributed by atoms with van der Waals surface area (Å²) < 4.78 is 19.7. The maximum Gasteiger partial charge on any atom is 0.373 e. The fourth-order valence-corrected chi connectivity index (χ4v) is 12.7. The van der Waals surface area contributed by atoms with Crippen molar-refractivity contribution in [2.75, 3.05) is 148 Å². The first-order valence-corrected chi connectivity index (χ1v) is 40.1. The number of urea groups is 2. The van der Waals surface area contributed by atoms with Crippen molar-refractivity contribution < 1.29 is 117 Å². The second-order valence-corrected chi connectivity index (χ2v) is 29.0. The van der Waals surface area contributed by atoms with Crippen LogP contribution in [0.3, 0.4) is 0 Å². The third-order valence-electron chi connectivity index (χ3n) is 18.0. The van der Waals surface area contributed by atoms with Crippen molar-refractivity contribution in [2.45, 2.75) is 133 Å². The van der Waals surface area contributed by atoms with Gasteiger partial charge >= 0.3 is 60.0 Å². The average Bonchev–Trinajstić information content (AvgIpc) is 1.71. The van der Waals surface area contributed by atoms with Gasteiger partial charge in [-0.05, 0) is 166 Å². The fourth-order valence-electron chi connectivity index (χ4n) is 12.1. The van der Waals surface area contributed by atoms with Crippen LogP contribution in [0, 0.1) is 3.57 Å².